The molecule has 0 aromatic carbocycles. The van der Waals surface area contributed by atoms with Crippen LogP contribution in [-0.2, 0) is 0 Å². The third-order valence-corrected chi connectivity index (χ3v) is 4.65. The second kappa shape index (κ2) is 7.04. The number of nitrogens with one attached hydrogen (secondary N) is 1. The number of hydrogen-bond donors (Lipinski definition) is 2. The highest BCUT2D eigenvalue weighted by Gasteiger charge is 2.44. The summed E-state index contributed by atoms with van der Waals surface area (Å²) in [5.41, 5.74) is 0. The first-order chi connectivity index (χ1) is 10.3. The summed E-state index contributed by atoms with van der Waals surface area (Å²) in [5, 5.41) is 12.2. The van der Waals surface area contributed by atoms with Gasteiger partial charge >= 0.3 is 12.2 Å². The Bertz CT molecular complexity index is 376. The Balaban J connectivity index is 1.75. The number of rotatable bonds is 2. The van der Waals surface area contributed by atoms with Gasteiger partial charge in [-0.15, -0.1) is 0 Å². The van der Waals surface area contributed by atoms with Crippen molar-refractivity contribution >= 4 is 6.03 Å². The van der Waals surface area contributed by atoms with Crippen molar-refractivity contribution in [2.24, 2.45) is 5.92 Å². The lowest BCUT2D eigenvalue weighted by atomic mass is 9.91. The van der Waals surface area contributed by atoms with E-state index in [9.17, 15) is 23.1 Å². The predicted molar refractivity (Wildman–Crippen MR) is 75.4 cm³/mol. The van der Waals surface area contributed by atoms with Crippen molar-refractivity contribution < 1.29 is 23.1 Å². The zero-order chi connectivity index (χ0) is 16.3. The number of amides is 2. The summed E-state index contributed by atoms with van der Waals surface area (Å²) in [6.07, 6.45) is -4.71. The molecule has 2 N–H and O–H groups in total. The van der Waals surface area contributed by atoms with Crippen molar-refractivity contribution in [2.75, 3.05) is 33.2 Å². The normalized spacial score (nSPS) is 24.3. The first-order valence-corrected chi connectivity index (χ1v) is 7.76. The van der Waals surface area contributed by atoms with Gasteiger partial charge < -0.3 is 20.2 Å². The smallest absolute Gasteiger partial charge is 0.383 e. The lowest BCUT2D eigenvalue weighted by Gasteiger charge is -2.36. The van der Waals surface area contributed by atoms with Crippen molar-refractivity contribution in [1.29, 1.82) is 0 Å². The largest absolute Gasteiger partial charge is 0.414 e. The molecule has 0 saturated carbocycles. The number of piperidine rings is 2. The molecule has 128 valence electrons. The van der Waals surface area contributed by atoms with E-state index in [0.29, 0.717) is 0 Å². The highest BCUT2D eigenvalue weighted by molar-refractivity contribution is 5.74. The van der Waals surface area contributed by atoms with Crippen LogP contribution < -0.4 is 5.32 Å². The lowest BCUT2D eigenvalue weighted by Crippen LogP contribution is -2.52. The van der Waals surface area contributed by atoms with Crippen LogP contribution >= 0.6 is 0 Å². The Morgan fingerprint density at radius 1 is 1.14 bits per heavy atom. The number of carbonyl (C=O) groups excluding carboxylic acids is 1. The Morgan fingerprint density at radius 2 is 1.68 bits per heavy atom. The topological polar surface area (TPSA) is 55.8 Å². The van der Waals surface area contributed by atoms with Crippen molar-refractivity contribution in [3.63, 3.8) is 0 Å². The molecule has 2 heterocycles. The fraction of sp³-hybridized carbons (Fsp3) is 0.929. The van der Waals surface area contributed by atoms with Crippen LogP contribution in [0.25, 0.3) is 0 Å². The summed E-state index contributed by atoms with van der Waals surface area (Å²) < 4.78 is 37.4. The average Bonchev–Trinajstić information content (AvgIpc) is 2.48. The molecule has 0 spiro atoms. The molecule has 2 aliphatic heterocycles. The highest BCUT2D eigenvalue weighted by atomic mass is 19.4. The number of alkyl halides is 3. The van der Waals surface area contributed by atoms with Gasteiger partial charge in [0.25, 0.3) is 0 Å². The fourth-order valence-electron chi connectivity index (χ4n) is 3.10. The maximum Gasteiger partial charge on any atom is 0.414 e. The molecule has 0 bridgehead atoms. The Labute approximate surface area is 128 Å². The summed E-state index contributed by atoms with van der Waals surface area (Å²) in [4.78, 5) is 15.9. The Kier molecular flexibility index (Phi) is 5.55. The zero-order valence-corrected chi connectivity index (χ0v) is 12.8. The molecule has 1 atom stereocenters. The van der Waals surface area contributed by atoms with E-state index < -0.39 is 18.2 Å². The summed E-state index contributed by atoms with van der Waals surface area (Å²) in [7, 11) is 2.04. The number of halogens is 3. The molecule has 2 saturated heterocycles. The van der Waals surface area contributed by atoms with E-state index in [4.69, 9.17) is 0 Å². The van der Waals surface area contributed by atoms with E-state index in [2.05, 4.69) is 10.2 Å². The van der Waals surface area contributed by atoms with E-state index in [1.807, 2.05) is 7.05 Å². The highest BCUT2D eigenvalue weighted by Crippen LogP contribution is 2.31. The number of urea groups is 1. The molecule has 0 radical (unpaired) electrons. The van der Waals surface area contributed by atoms with Gasteiger partial charge in [0.2, 0.25) is 0 Å². The SMILES string of the molecule is CN1CCC(NC(=O)N2CCC(C(O)C(F)(F)F)CC2)CC1. The molecule has 8 heteroatoms. The molecular formula is C14H24F3N3O2. The van der Waals surface area contributed by atoms with Gasteiger partial charge in [0.15, 0.2) is 6.10 Å². The van der Waals surface area contributed by atoms with Crippen molar-refractivity contribution in [3.05, 3.63) is 0 Å². The minimum Gasteiger partial charge on any atom is -0.383 e. The third-order valence-electron chi connectivity index (χ3n) is 4.65. The monoisotopic (exact) mass is 323 g/mol. The van der Waals surface area contributed by atoms with Crippen LogP contribution in [0.1, 0.15) is 25.7 Å². The number of carbonyl (C=O) groups is 1. The Hall–Kier alpha value is -1.02. The molecule has 2 fully saturated rings. The maximum atomic E-state index is 12.5. The Morgan fingerprint density at radius 3 is 2.18 bits per heavy atom. The number of likely N-dealkylation sites (tertiary alicyclic amines) is 2. The fourth-order valence-corrected chi connectivity index (χ4v) is 3.10. The first-order valence-electron chi connectivity index (χ1n) is 7.76. The minimum absolute atomic E-state index is 0.141. The van der Waals surface area contributed by atoms with Gasteiger partial charge in [0, 0.05) is 19.1 Å². The molecule has 22 heavy (non-hydrogen) atoms. The van der Waals surface area contributed by atoms with E-state index in [-0.39, 0.29) is 38.0 Å². The number of nitrogens with zero attached hydrogens (tertiary/aromatic N) is 2. The second-order valence-corrected chi connectivity index (χ2v) is 6.34. The maximum absolute atomic E-state index is 12.5. The van der Waals surface area contributed by atoms with Crippen molar-refractivity contribution in [1.82, 2.24) is 15.1 Å². The van der Waals surface area contributed by atoms with Crippen LogP contribution in [0.5, 0.6) is 0 Å². The standard InChI is InChI=1S/C14H24F3N3O2/c1-19-6-4-11(5-7-19)18-13(22)20-8-2-10(3-9-20)12(21)14(15,16)17/h10-12,21H,2-9H2,1H3,(H,18,22). The molecular weight excluding hydrogens is 299 g/mol. The van der Waals surface area contributed by atoms with Gasteiger partial charge in [-0.3, -0.25) is 0 Å². The van der Waals surface area contributed by atoms with E-state index in [0.717, 1.165) is 25.9 Å². The summed E-state index contributed by atoms with van der Waals surface area (Å²) in [6.45, 7) is 2.39. The van der Waals surface area contributed by atoms with Crippen LogP contribution in [0.15, 0.2) is 0 Å². The predicted octanol–water partition coefficient (Wildman–Crippen LogP) is 1.43. The van der Waals surface area contributed by atoms with Crippen LogP contribution in [0.4, 0.5) is 18.0 Å². The molecule has 2 amide bonds. The minimum atomic E-state index is -4.58. The summed E-state index contributed by atoms with van der Waals surface area (Å²) in [6, 6.07) is -0.0586. The molecule has 0 aromatic heterocycles. The molecule has 2 aliphatic rings. The quantitative estimate of drug-likeness (QED) is 0.808. The van der Waals surface area contributed by atoms with Crippen LogP contribution in [0.2, 0.25) is 0 Å². The first kappa shape index (κ1) is 17.3. The van der Waals surface area contributed by atoms with Gasteiger partial charge in [-0.1, -0.05) is 0 Å². The van der Waals surface area contributed by atoms with Crippen molar-refractivity contribution in [2.45, 2.75) is 44.0 Å². The van der Waals surface area contributed by atoms with Crippen LogP contribution in [0.3, 0.4) is 0 Å². The van der Waals surface area contributed by atoms with E-state index in [1.54, 1.807) is 4.90 Å². The average molecular weight is 323 g/mol. The lowest BCUT2D eigenvalue weighted by molar-refractivity contribution is -0.222. The molecule has 2 rings (SSSR count). The summed E-state index contributed by atoms with van der Waals surface area (Å²) in [5.74, 6) is -0.813. The van der Waals surface area contributed by atoms with Crippen molar-refractivity contribution in [3.8, 4) is 0 Å². The second-order valence-electron chi connectivity index (χ2n) is 6.34. The molecule has 0 aliphatic carbocycles. The van der Waals surface area contributed by atoms with E-state index in [1.165, 1.54) is 0 Å². The van der Waals surface area contributed by atoms with E-state index >= 15 is 0 Å². The summed E-state index contributed by atoms with van der Waals surface area (Å²) >= 11 is 0. The molecule has 5 nitrogen and oxygen atoms in total. The van der Waals surface area contributed by atoms with Crippen LogP contribution in [-0.4, -0.2) is 72.5 Å². The van der Waals surface area contributed by atoms with Gasteiger partial charge in [-0.25, -0.2) is 4.79 Å². The van der Waals surface area contributed by atoms with Gasteiger partial charge in [-0.05, 0) is 51.7 Å². The number of aliphatic hydroxyl groups is 1. The molecule has 0 aromatic rings. The zero-order valence-electron chi connectivity index (χ0n) is 12.8. The van der Waals surface area contributed by atoms with Gasteiger partial charge in [0.05, 0.1) is 0 Å². The number of hydrogen-bond acceptors (Lipinski definition) is 3. The van der Waals surface area contributed by atoms with Gasteiger partial charge in [0.1, 0.15) is 0 Å². The third kappa shape index (κ3) is 4.49. The molecule has 1 unspecified atom stereocenters. The van der Waals surface area contributed by atoms with Crippen LogP contribution in [0, 0.1) is 5.92 Å². The number of aliphatic hydroxyl groups excluding tert-OH is 1. The van der Waals surface area contributed by atoms with Gasteiger partial charge in [-0.2, -0.15) is 13.2 Å².